The van der Waals surface area contributed by atoms with Gasteiger partial charge in [-0.05, 0) is 17.5 Å². The number of ether oxygens (including phenoxy) is 3. The van der Waals surface area contributed by atoms with Crippen LogP contribution in [0.5, 0.6) is 0 Å². The summed E-state index contributed by atoms with van der Waals surface area (Å²) in [6.45, 7) is 4.62. The summed E-state index contributed by atoms with van der Waals surface area (Å²) in [5.41, 5.74) is 0.866. The zero-order valence-corrected chi connectivity index (χ0v) is 15.4. The molecule has 1 amide bonds. The summed E-state index contributed by atoms with van der Waals surface area (Å²) in [6, 6.07) is 5.77. The maximum absolute atomic E-state index is 11.7. The number of aromatic nitrogens is 2. The predicted molar refractivity (Wildman–Crippen MR) is 101 cm³/mol. The van der Waals surface area contributed by atoms with Crippen molar-refractivity contribution in [2.24, 2.45) is 0 Å². The molecule has 0 aliphatic carbocycles. The quantitative estimate of drug-likeness (QED) is 0.732. The summed E-state index contributed by atoms with van der Waals surface area (Å²) < 4.78 is 17.0. The van der Waals surface area contributed by atoms with E-state index in [4.69, 9.17) is 14.2 Å². The molecule has 0 radical (unpaired) electrons. The molecule has 0 spiro atoms. The second kappa shape index (κ2) is 8.03. The molecule has 2 aliphatic rings. The van der Waals surface area contributed by atoms with Crippen molar-refractivity contribution < 1.29 is 19.0 Å². The van der Waals surface area contributed by atoms with Crippen molar-refractivity contribution in [1.29, 1.82) is 0 Å². The molecule has 2 N–H and O–H groups in total. The SMILES string of the molecule is C=CCNC(=O)O[C@H]1CO[C@@H]2[C@@H]1OC[C@@H]2Nc1nccc(-c2cccs2)n1. The Morgan fingerprint density at radius 2 is 2.26 bits per heavy atom. The Balaban J connectivity index is 1.37. The molecule has 9 heteroatoms. The average Bonchev–Trinajstić information content (AvgIpc) is 3.41. The van der Waals surface area contributed by atoms with E-state index in [-0.39, 0.29) is 18.2 Å². The second-order valence-corrected chi connectivity index (χ2v) is 7.15. The Morgan fingerprint density at radius 1 is 1.37 bits per heavy atom. The third kappa shape index (κ3) is 3.95. The Hall–Kier alpha value is -2.49. The van der Waals surface area contributed by atoms with Gasteiger partial charge in [0.2, 0.25) is 5.95 Å². The van der Waals surface area contributed by atoms with Crippen LogP contribution in [0.1, 0.15) is 0 Å². The van der Waals surface area contributed by atoms with Gasteiger partial charge in [0.15, 0.2) is 6.10 Å². The van der Waals surface area contributed by atoms with Crippen LogP contribution in [0.25, 0.3) is 10.6 Å². The highest BCUT2D eigenvalue weighted by Crippen LogP contribution is 2.30. The lowest BCUT2D eigenvalue weighted by Gasteiger charge is -2.18. The molecule has 27 heavy (non-hydrogen) atoms. The summed E-state index contributed by atoms with van der Waals surface area (Å²) in [5, 5.41) is 7.88. The fourth-order valence-electron chi connectivity index (χ4n) is 3.18. The van der Waals surface area contributed by atoms with E-state index in [0.717, 1.165) is 10.6 Å². The van der Waals surface area contributed by atoms with Gasteiger partial charge in [0.25, 0.3) is 0 Å². The minimum absolute atomic E-state index is 0.113. The molecule has 0 bridgehead atoms. The van der Waals surface area contributed by atoms with Gasteiger partial charge in [0.05, 0.1) is 29.8 Å². The number of carbonyl (C=O) groups is 1. The lowest BCUT2D eigenvalue weighted by atomic mass is 10.1. The molecule has 4 rings (SSSR count). The molecule has 2 aromatic rings. The summed E-state index contributed by atoms with van der Waals surface area (Å²) in [7, 11) is 0. The largest absolute Gasteiger partial charge is 0.441 e. The van der Waals surface area contributed by atoms with Crippen LogP contribution in [0.15, 0.2) is 42.4 Å². The van der Waals surface area contributed by atoms with E-state index >= 15 is 0 Å². The molecule has 0 aromatic carbocycles. The molecule has 2 aromatic heterocycles. The number of amides is 1. The van der Waals surface area contributed by atoms with E-state index in [0.29, 0.717) is 25.7 Å². The van der Waals surface area contributed by atoms with Crippen LogP contribution >= 0.6 is 11.3 Å². The monoisotopic (exact) mass is 388 g/mol. The van der Waals surface area contributed by atoms with Crippen LogP contribution in [0, 0.1) is 0 Å². The topological polar surface area (TPSA) is 94.6 Å². The van der Waals surface area contributed by atoms with E-state index in [1.807, 2.05) is 23.6 Å². The van der Waals surface area contributed by atoms with Crippen LogP contribution in [0.2, 0.25) is 0 Å². The summed E-state index contributed by atoms with van der Waals surface area (Å²) >= 11 is 1.63. The summed E-state index contributed by atoms with van der Waals surface area (Å²) in [4.78, 5) is 21.7. The highest BCUT2D eigenvalue weighted by atomic mass is 32.1. The van der Waals surface area contributed by atoms with Crippen LogP contribution in [-0.4, -0.2) is 60.2 Å². The fraction of sp³-hybridized carbons (Fsp3) is 0.389. The van der Waals surface area contributed by atoms with E-state index in [2.05, 4.69) is 27.2 Å². The minimum Gasteiger partial charge on any atom is -0.441 e. The predicted octanol–water partition coefficient (Wildman–Crippen LogP) is 2.06. The van der Waals surface area contributed by atoms with Gasteiger partial charge in [-0.1, -0.05) is 12.1 Å². The zero-order chi connectivity index (χ0) is 18.6. The number of rotatable bonds is 6. The van der Waals surface area contributed by atoms with Gasteiger partial charge < -0.3 is 24.8 Å². The first-order valence-corrected chi connectivity index (χ1v) is 9.54. The number of nitrogens with one attached hydrogen (secondary N) is 2. The van der Waals surface area contributed by atoms with Gasteiger partial charge in [-0.3, -0.25) is 0 Å². The lowest BCUT2D eigenvalue weighted by molar-refractivity contribution is 0.00475. The molecular weight excluding hydrogens is 368 g/mol. The highest BCUT2D eigenvalue weighted by molar-refractivity contribution is 7.13. The molecule has 8 nitrogen and oxygen atoms in total. The van der Waals surface area contributed by atoms with E-state index < -0.39 is 12.2 Å². The van der Waals surface area contributed by atoms with Crippen molar-refractivity contribution in [1.82, 2.24) is 15.3 Å². The molecule has 2 aliphatic heterocycles. The maximum Gasteiger partial charge on any atom is 0.407 e. The number of hydrogen-bond donors (Lipinski definition) is 2. The van der Waals surface area contributed by atoms with Crippen molar-refractivity contribution in [2.45, 2.75) is 24.4 Å². The van der Waals surface area contributed by atoms with Crippen molar-refractivity contribution >= 4 is 23.4 Å². The van der Waals surface area contributed by atoms with E-state index in [1.54, 1.807) is 23.6 Å². The Morgan fingerprint density at radius 3 is 3.07 bits per heavy atom. The number of alkyl carbamates (subject to hydrolysis) is 1. The molecule has 0 unspecified atom stereocenters. The van der Waals surface area contributed by atoms with E-state index in [9.17, 15) is 4.79 Å². The Labute approximate surface area is 160 Å². The van der Waals surface area contributed by atoms with Crippen molar-refractivity contribution in [3.63, 3.8) is 0 Å². The molecule has 4 heterocycles. The molecule has 2 saturated heterocycles. The third-order valence-corrected chi connectivity index (χ3v) is 5.29. The van der Waals surface area contributed by atoms with Crippen LogP contribution in [0.4, 0.5) is 10.7 Å². The smallest absolute Gasteiger partial charge is 0.407 e. The highest BCUT2D eigenvalue weighted by Gasteiger charge is 2.49. The third-order valence-electron chi connectivity index (χ3n) is 4.40. The van der Waals surface area contributed by atoms with Crippen molar-refractivity contribution in [3.8, 4) is 10.6 Å². The van der Waals surface area contributed by atoms with Crippen LogP contribution in [-0.2, 0) is 14.2 Å². The number of fused-ring (bicyclic) bond motifs is 1. The average molecular weight is 388 g/mol. The summed E-state index contributed by atoms with van der Waals surface area (Å²) in [5.74, 6) is 0.520. The summed E-state index contributed by atoms with van der Waals surface area (Å²) in [6.07, 6.45) is 1.84. The molecule has 4 atom stereocenters. The second-order valence-electron chi connectivity index (χ2n) is 6.20. The fourth-order valence-corrected chi connectivity index (χ4v) is 3.87. The maximum atomic E-state index is 11.7. The van der Waals surface area contributed by atoms with Crippen LogP contribution < -0.4 is 10.6 Å². The number of thiophene rings is 1. The molecule has 0 saturated carbocycles. The molecular formula is C18H20N4O4S. The first-order chi connectivity index (χ1) is 13.2. The number of nitrogens with zero attached hydrogens (tertiary/aromatic N) is 2. The minimum atomic E-state index is -0.504. The lowest BCUT2D eigenvalue weighted by Crippen LogP contribution is -2.39. The number of hydrogen-bond acceptors (Lipinski definition) is 8. The van der Waals surface area contributed by atoms with Crippen molar-refractivity contribution in [3.05, 3.63) is 42.4 Å². The van der Waals surface area contributed by atoms with Gasteiger partial charge >= 0.3 is 6.09 Å². The normalized spacial score (nSPS) is 26.4. The van der Waals surface area contributed by atoms with Crippen molar-refractivity contribution in [2.75, 3.05) is 25.1 Å². The molecule has 142 valence electrons. The Bertz CT molecular complexity index is 800. The standard InChI is InChI=1S/C18H20N4O4S/c1-2-6-20-18(23)26-13-10-25-15-12(9-24-16(13)15)22-17-19-7-5-11(21-17)14-4-3-8-27-14/h2-5,7-8,12-13,15-16H,1,6,9-10H2,(H,20,23)(H,19,21,22)/t12-,13-,15-,16+/m0/s1. The van der Waals surface area contributed by atoms with E-state index in [1.165, 1.54) is 0 Å². The van der Waals surface area contributed by atoms with Crippen LogP contribution in [0.3, 0.4) is 0 Å². The van der Waals surface area contributed by atoms with Gasteiger partial charge in [0, 0.05) is 12.7 Å². The first-order valence-electron chi connectivity index (χ1n) is 8.66. The zero-order valence-electron chi connectivity index (χ0n) is 14.5. The molecule has 2 fully saturated rings. The number of carbonyl (C=O) groups excluding carboxylic acids is 1. The first kappa shape index (κ1) is 17.9. The Kier molecular flexibility index (Phi) is 5.33. The van der Waals surface area contributed by atoms with Gasteiger partial charge in [-0.15, -0.1) is 17.9 Å². The van der Waals surface area contributed by atoms with Gasteiger partial charge in [-0.2, -0.15) is 0 Å². The van der Waals surface area contributed by atoms with Gasteiger partial charge in [0.1, 0.15) is 12.2 Å². The van der Waals surface area contributed by atoms with Gasteiger partial charge in [-0.25, -0.2) is 14.8 Å². The number of anilines is 1.